The number of hydrogen-bond acceptors (Lipinski definition) is 4. The number of phenolic OH excluding ortho intramolecular Hbond substituents is 1. The van der Waals surface area contributed by atoms with Crippen LogP contribution in [0.2, 0.25) is 0 Å². The molecule has 0 spiro atoms. The van der Waals surface area contributed by atoms with Crippen LogP contribution >= 0.6 is 0 Å². The van der Waals surface area contributed by atoms with Crippen LogP contribution in [0.25, 0.3) is 0 Å². The molecule has 2 rings (SSSR count). The van der Waals surface area contributed by atoms with Gasteiger partial charge in [0.15, 0.2) is 5.76 Å². The number of likely N-dealkylation sites (N-methyl/N-ethyl adjacent to an activating group) is 1. The monoisotopic (exact) mass is 330 g/mol. The molecule has 6 nitrogen and oxygen atoms in total. The minimum atomic E-state index is -0.648. The standard InChI is InChI=1S/C18H22N2O4/c1-12(2)16(19-17(22)15-5-4-10-24-15)18(23)20(3)11-13-6-8-14(21)9-7-13/h4-10,12,16,21H,11H2,1-3H3,(H,19,22)/t16-/m1/s1. The van der Waals surface area contributed by atoms with Gasteiger partial charge in [0.05, 0.1) is 6.26 Å². The van der Waals surface area contributed by atoms with E-state index in [9.17, 15) is 14.7 Å². The molecule has 2 amide bonds. The predicted molar refractivity (Wildman–Crippen MR) is 89.4 cm³/mol. The summed E-state index contributed by atoms with van der Waals surface area (Å²) in [4.78, 5) is 26.4. The van der Waals surface area contributed by atoms with Crippen molar-refractivity contribution in [1.29, 1.82) is 0 Å². The SMILES string of the molecule is CC(C)[C@@H](NC(=O)c1ccco1)C(=O)N(C)Cc1ccc(O)cc1. The number of phenols is 1. The van der Waals surface area contributed by atoms with Gasteiger partial charge in [-0.25, -0.2) is 0 Å². The quantitative estimate of drug-likeness (QED) is 0.852. The fourth-order valence-electron chi connectivity index (χ4n) is 2.32. The molecule has 24 heavy (non-hydrogen) atoms. The van der Waals surface area contributed by atoms with Crippen LogP contribution in [0.1, 0.15) is 30.0 Å². The molecule has 1 aromatic carbocycles. The largest absolute Gasteiger partial charge is 0.508 e. The first-order chi connectivity index (χ1) is 11.4. The highest BCUT2D eigenvalue weighted by atomic mass is 16.3. The molecule has 6 heteroatoms. The highest BCUT2D eigenvalue weighted by Crippen LogP contribution is 2.13. The van der Waals surface area contributed by atoms with E-state index in [0.717, 1.165) is 5.56 Å². The molecule has 0 saturated carbocycles. The highest BCUT2D eigenvalue weighted by molar-refractivity contribution is 5.95. The average molecular weight is 330 g/mol. The van der Waals surface area contributed by atoms with Crippen molar-refractivity contribution in [2.75, 3.05) is 7.05 Å². The number of hydrogen-bond donors (Lipinski definition) is 2. The van der Waals surface area contributed by atoms with Gasteiger partial charge >= 0.3 is 0 Å². The van der Waals surface area contributed by atoms with Gasteiger partial charge < -0.3 is 19.7 Å². The fraction of sp³-hybridized carbons (Fsp3) is 0.333. The lowest BCUT2D eigenvalue weighted by molar-refractivity contribution is -0.133. The molecule has 0 aliphatic heterocycles. The minimum Gasteiger partial charge on any atom is -0.508 e. The molecule has 0 unspecified atom stereocenters. The molecule has 1 heterocycles. The lowest BCUT2D eigenvalue weighted by atomic mass is 10.0. The Hall–Kier alpha value is -2.76. The first-order valence-electron chi connectivity index (χ1n) is 7.75. The van der Waals surface area contributed by atoms with Crippen molar-refractivity contribution in [1.82, 2.24) is 10.2 Å². The number of carbonyl (C=O) groups is 2. The van der Waals surface area contributed by atoms with Gasteiger partial charge in [0.2, 0.25) is 5.91 Å². The van der Waals surface area contributed by atoms with E-state index in [-0.39, 0.29) is 23.3 Å². The number of aromatic hydroxyl groups is 1. The molecule has 0 aliphatic rings. The van der Waals surface area contributed by atoms with Gasteiger partial charge in [-0.05, 0) is 35.7 Å². The Morgan fingerprint density at radius 2 is 1.88 bits per heavy atom. The summed E-state index contributed by atoms with van der Waals surface area (Å²) in [6.07, 6.45) is 1.41. The van der Waals surface area contributed by atoms with E-state index in [4.69, 9.17) is 4.42 Å². The lowest BCUT2D eigenvalue weighted by Crippen LogP contribution is -2.49. The van der Waals surface area contributed by atoms with Crippen molar-refractivity contribution >= 4 is 11.8 Å². The second-order valence-electron chi connectivity index (χ2n) is 6.03. The number of rotatable bonds is 6. The van der Waals surface area contributed by atoms with E-state index in [1.807, 2.05) is 13.8 Å². The van der Waals surface area contributed by atoms with E-state index in [2.05, 4.69) is 5.32 Å². The molecule has 1 atom stereocenters. The maximum atomic E-state index is 12.7. The van der Waals surface area contributed by atoms with E-state index in [1.54, 1.807) is 48.3 Å². The molecule has 0 aliphatic carbocycles. The molecule has 0 radical (unpaired) electrons. The third kappa shape index (κ3) is 4.38. The smallest absolute Gasteiger partial charge is 0.287 e. The first kappa shape index (κ1) is 17.6. The van der Waals surface area contributed by atoms with Crippen molar-refractivity contribution in [2.24, 2.45) is 5.92 Å². The van der Waals surface area contributed by atoms with Gasteiger partial charge in [-0.15, -0.1) is 0 Å². The van der Waals surface area contributed by atoms with Crippen molar-refractivity contribution in [3.8, 4) is 5.75 Å². The van der Waals surface area contributed by atoms with Crippen LogP contribution < -0.4 is 5.32 Å². The zero-order chi connectivity index (χ0) is 17.7. The summed E-state index contributed by atoms with van der Waals surface area (Å²) in [5, 5.41) is 12.0. The van der Waals surface area contributed by atoms with E-state index >= 15 is 0 Å². The molecule has 1 aromatic heterocycles. The number of amides is 2. The maximum absolute atomic E-state index is 12.7. The molecule has 0 bridgehead atoms. The summed E-state index contributed by atoms with van der Waals surface area (Å²) in [5.74, 6) is -0.310. The Kier molecular flexibility index (Phi) is 5.63. The van der Waals surface area contributed by atoms with Crippen LogP contribution in [-0.4, -0.2) is 34.9 Å². The highest BCUT2D eigenvalue weighted by Gasteiger charge is 2.28. The second kappa shape index (κ2) is 7.68. The van der Waals surface area contributed by atoms with Gasteiger partial charge in [-0.2, -0.15) is 0 Å². The van der Waals surface area contributed by atoms with Crippen LogP contribution in [0, 0.1) is 5.92 Å². The van der Waals surface area contributed by atoms with E-state index < -0.39 is 11.9 Å². The number of nitrogens with zero attached hydrogens (tertiary/aromatic N) is 1. The van der Waals surface area contributed by atoms with Crippen LogP contribution in [0.15, 0.2) is 47.1 Å². The molecule has 2 N–H and O–H groups in total. The fourth-order valence-corrected chi connectivity index (χ4v) is 2.32. The van der Waals surface area contributed by atoms with Crippen molar-refractivity contribution in [3.63, 3.8) is 0 Å². The van der Waals surface area contributed by atoms with Gasteiger partial charge in [0.1, 0.15) is 11.8 Å². The second-order valence-corrected chi connectivity index (χ2v) is 6.03. The number of carbonyl (C=O) groups excluding carboxylic acids is 2. The van der Waals surface area contributed by atoms with E-state index in [1.165, 1.54) is 6.26 Å². The molecule has 128 valence electrons. The van der Waals surface area contributed by atoms with E-state index in [0.29, 0.717) is 6.54 Å². The zero-order valence-electron chi connectivity index (χ0n) is 14.0. The van der Waals surface area contributed by atoms with Gasteiger partial charge in [-0.3, -0.25) is 9.59 Å². The summed E-state index contributed by atoms with van der Waals surface area (Å²) >= 11 is 0. The average Bonchev–Trinajstić information content (AvgIpc) is 3.08. The molecule has 2 aromatic rings. The van der Waals surface area contributed by atoms with Crippen molar-refractivity contribution in [2.45, 2.75) is 26.4 Å². The van der Waals surface area contributed by atoms with Crippen LogP contribution in [-0.2, 0) is 11.3 Å². The minimum absolute atomic E-state index is 0.0707. The lowest BCUT2D eigenvalue weighted by Gasteiger charge is -2.27. The molecule has 0 saturated heterocycles. The summed E-state index contributed by atoms with van der Waals surface area (Å²) in [6.45, 7) is 4.14. The summed E-state index contributed by atoms with van der Waals surface area (Å²) in [5.41, 5.74) is 0.892. The summed E-state index contributed by atoms with van der Waals surface area (Å²) in [7, 11) is 1.68. The van der Waals surface area contributed by atoms with Crippen molar-refractivity contribution < 1.29 is 19.1 Å². The number of nitrogens with one attached hydrogen (secondary N) is 1. The van der Waals surface area contributed by atoms with Crippen molar-refractivity contribution in [3.05, 3.63) is 54.0 Å². The Balaban J connectivity index is 2.04. The third-order valence-electron chi connectivity index (χ3n) is 3.70. The first-order valence-corrected chi connectivity index (χ1v) is 7.75. The molecular formula is C18H22N2O4. The summed E-state index contributed by atoms with van der Waals surface area (Å²) < 4.78 is 5.06. The summed E-state index contributed by atoms with van der Waals surface area (Å²) in [6, 6.07) is 9.19. The van der Waals surface area contributed by atoms with Gasteiger partial charge in [0.25, 0.3) is 5.91 Å². The van der Waals surface area contributed by atoms with Crippen LogP contribution in [0.5, 0.6) is 5.75 Å². The molecular weight excluding hydrogens is 308 g/mol. The zero-order valence-corrected chi connectivity index (χ0v) is 14.0. The predicted octanol–water partition coefficient (Wildman–Crippen LogP) is 2.40. The normalized spacial score (nSPS) is 12.0. The van der Waals surface area contributed by atoms with Crippen LogP contribution in [0.4, 0.5) is 0 Å². The number of benzene rings is 1. The Morgan fingerprint density at radius 1 is 1.21 bits per heavy atom. The Morgan fingerprint density at radius 3 is 2.42 bits per heavy atom. The maximum Gasteiger partial charge on any atom is 0.287 e. The topological polar surface area (TPSA) is 82.8 Å². The third-order valence-corrected chi connectivity index (χ3v) is 3.70. The van der Waals surface area contributed by atoms with Gasteiger partial charge in [-0.1, -0.05) is 26.0 Å². The Bertz CT molecular complexity index is 678. The number of furan rings is 1. The molecule has 0 fully saturated rings. The Labute approximate surface area is 141 Å². The van der Waals surface area contributed by atoms with Crippen LogP contribution in [0.3, 0.4) is 0 Å². The van der Waals surface area contributed by atoms with Gasteiger partial charge in [0, 0.05) is 13.6 Å².